The molecule has 0 saturated heterocycles. The van der Waals surface area contributed by atoms with Gasteiger partial charge in [-0.05, 0) is 43.2 Å². The summed E-state index contributed by atoms with van der Waals surface area (Å²) in [6, 6.07) is 10.3. The second-order valence-corrected chi connectivity index (χ2v) is 6.29. The molecule has 0 spiro atoms. The summed E-state index contributed by atoms with van der Waals surface area (Å²) in [6.45, 7) is 4.15. The van der Waals surface area contributed by atoms with E-state index >= 15 is 0 Å². The third-order valence-corrected chi connectivity index (χ3v) is 5.00. The number of ketones is 1. The molecule has 2 heteroatoms. The first-order valence-electron chi connectivity index (χ1n) is 8.63. The van der Waals surface area contributed by atoms with Crippen LogP contribution in [0.3, 0.4) is 0 Å². The van der Waals surface area contributed by atoms with Crippen molar-refractivity contribution in [2.75, 3.05) is 6.61 Å². The van der Waals surface area contributed by atoms with Crippen molar-refractivity contribution in [3.8, 4) is 0 Å². The van der Waals surface area contributed by atoms with Crippen LogP contribution in [0.25, 0.3) is 0 Å². The molecule has 0 aliphatic heterocycles. The van der Waals surface area contributed by atoms with E-state index in [2.05, 4.69) is 12.1 Å². The lowest BCUT2D eigenvalue weighted by atomic mass is 9.61. The minimum absolute atomic E-state index is 0.150. The van der Waals surface area contributed by atoms with Gasteiger partial charge >= 0.3 is 0 Å². The molecular weight excluding hydrogens is 272 g/mol. The molecule has 1 fully saturated rings. The van der Waals surface area contributed by atoms with E-state index in [0.29, 0.717) is 12.3 Å². The van der Waals surface area contributed by atoms with Crippen molar-refractivity contribution in [2.24, 2.45) is 11.3 Å². The van der Waals surface area contributed by atoms with E-state index < -0.39 is 0 Å². The average molecular weight is 300 g/mol. The normalized spacial score (nSPS) is 27.3. The monoisotopic (exact) mass is 300 g/mol. The van der Waals surface area contributed by atoms with E-state index in [1.807, 2.05) is 38.1 Å². The van der Waals surface area contributed by atoms with Gasteiger partial charge in [0.2, 0.25) is 0 Å². The lowest BCUT2D eigenvalue weighted by Crippen LogP contribution is -2.39. The Kier molecular flexibility index (Phi) is 5.96. The molecule has 2 nitrogen and oxygen atoms in total. The molecule has 2 atom stereocenters. The summed E-state index contributed by atoms with van der Waals surface area (Å²) in [7, 11) is 0. The summed E-state index contributed by atoms with van der Waals surface area (Å²) in [5.74, 6) is 0.751. The van der Waals surface area contributed by atoms with Crippen LogP contribution in [-0.4, -0.2) is 17.5 Å². The van der Waals surface area contributed by atoms with Crippen molar-refractivity contribution < 1.29 is 9.90 Å². The Balaban J connectivity index is 0.000000847. The third-order valence-electron chi connectivity index (χ3n) is 5.00. The summed E-state index contributed by atoms with van der Waals surface area (Å²) >= 11 is 0. The zero-order valence-electron chi connectivity index (χ0n) is 13.8. The van der Waals surface area contributed by atoms with Crippen LogP contribution >= 0.6 is 0 Å². The molecule has 0 heterocycles. The Morgan fingerprint density at radius 3 is 2.59 bits per heavy atom. The fourth-order valence-corrected chi connectivity index (χ4v) is 3.96. The number of hydrogen-bond donors (Lipinski definition) is 1. The lowest BCUT2D eigenvalue weighted by Gasteiger charge is -2.44. The topological polar surface area (TPSA) is 37.3 Å². The highest BCUT2D eigenvalue weighted by Gasteiger charge is 2.42. The summed E-state index contributed by atoms with van der Waals surface area (Å²) in [5, 5.41) is 10.1. The number of rotatable bonds is 3. The highest BCUT2D eigenvalue weighted by Crippen LogP contribution is 2.49. The third kappa shape index (κ3) is 3.49. The number of aliphatic hydroxyl groups is 1. The van der Waals surface area contributed by atoms with Gasteiger partial charge in [-0.1, -0.05) is 56.2 Å². The maximum absolute atomic E-state index is 11.8. The molecule has 0 radical (unpaired) electrons. The largest absolute Gasteiger partial charge is 0.395 e. The first-order chi connectivity index (χ1) is 10.7. The SMILES string of the molecule is CC.O=C1C=C2C(CCCC2(CO)Cc2ccccc2)CC1. The van der Waals surface area contributed by atoms with Crippen molar-refractivity contribution in [2.45, 2.75) is 52.4 Å². The number of benzene rings is 1. The summed E-state index contributed by atoms with van der Waals surface area (Å²) < 4.78 is 0. The Morgan fingerprint density at radius 2 is 1.91 bits per heavy atom. The van der Waals surface area contributed by atoms with E-state index in [1.165, 1.54) is 17.6 Å². The van der Waals surface area contributed by atoms with Crippen molar-refractivity contribution >= 4 is 5.78 Å². The lowest BCUT2D eigenvalue weighted by molar-refractivity contribution is -0.115. The standard InChI is InChI=1S/C18H22O2.C2H6/c19-13-18(12-14-5-2-1-3-6-14)10-4-7-15-8-9-16(20)11-17(15)18;1-2/h1-3,5-6,11,15,19H,4,7-10,12-13H2;1-2H3. The van der Waals surface area contributed by atoms with Gasteiger partial charge in [0.1, 0.15) is 0 Å². The molecule has 0 amide bonds. The van der Waals surface area contributed by atoms with Gasteiger partial charge < -0.3 is 5.11 Å². The van der Waals surface area contributed by atoms with Crippen LogP contribution in [0.4, 0.5) is 0 Å². The van der Waals surface area contributed by atoms with Crippen LogP contribution in [0.15, 0.2) is 42.0 Å². The molecule has 1 N–H and O–H groups in total. The van der Waals surface area contributed by atoms with Gasteiger partial charge in [0, 0.05) is 11.8 Å². The number of carbonyl (C=O) groups is 1. The van der Waals surface area contributed by atoms with Gasteiger partial charge in [0.15, 0.2) is 5.78 Å². The zero-order chi connectivity index (χ0) is 16.0. The number of carbonyl (C=O) groups excluding carboxylic acids is 1. The quantitative estimate of drug-likeness (QED) is 0.902. The van der Waals surface area contributed by atoms with Gasteiger partial charge in [0.05, 0.1) is 6.61 Å². The molecule has 0 aromatic heterocycles. The fraction of sp³-hybridized carbons (Fsp3) is 0.550. The molecule has 3 rings (SSSR count). The van der Waals surface area contributed by atoms with Gasteiger partial charge in [0.25, 0.3) is 0 Å². The molecule has 2 unspecified atom stereocenters. The van der Waals surface area contributed by atoms with E-state index in [4.69, 9.17) is 0 Å². The smallest absolute Gasteiger partial charge is 0.155 e. The minimum Gasteiger partial charge on any atom is -0.395 e. The minimum atomic E-state index is -0.208. The van der Waals surface area contributed by atoms with Crippen LogP contribution in [0, 0.1) is 11.3 Å². The second kappa shape index (κ2) is 7.73. The molecule has 1 aromatic rings. The fourth-order valence-electron chi connectivity index (χ4n) is 3.96. The Hall–Kier alpha value is -1.41. The van der Waals surface area contributed by atoms with Crippen molar-refractivity contribution in [3.63, 3.8) is 0 Å². The molecule has 1 aromatic carbocycles. The second-order valence-electron chi connectivity index (χ2n) is 6.29. The Bertz CT molecular complexity index is 518. The van der Waals surface area contributed by atoms with Gasteiger partial charge in [-0.3, -0.25) is 4.79 Å². The van der Waals surface area contributed by atoms with Crippen molar-refractivity contribution in [1.29, 1.82) is 0 Å². The van der Waals surface area contributed by atoms with Crippen LogP contribution in [0.5, 0.6) is 0 Å². The number of aliphatic hydroxyl groups excluding tert-OH is 1. The Morgan fingerprint density at radius 1 is 1.18 bits per heavy atom. The first-order valence-corrected chi connectivity index (χ1v) is 8.63. The van der Waals surface area contributed by atoms with Gasteiger partial charge in [-0.25, -0.2) is 0 Å². The molecule has 2 aliphatic rings. The summed E-state index contributed by atoms with van der Waals surface area (Å²) in [4.78, 5) is 11.8. The van der Waals surface area contributed by atoms with E-state index in [9.17, 15) is 9.90 Å². The van der Waals surface area contributed by atoms with E-state index in [0.717, 1.165) is 25.7 Å². The predicted molar refractivity (Wildman–Crippen MR) is 90.7 cm³/mol. The highest BCUT2D eigenvalue weighted by atomic mass is 16.3. The van der Waals surface area contributed by atoms with Crippen LogP contribution < -0.4 is 0 Å². The highest BCUT2D eigenvalue weighted by molar-refractivity contribution is 5.91. The number of hydrogen-bond acceptors (Lipinski definition) is 2. The molecular formula is C20H28O2. The Labute approximate surface area is 134 Å². The molecule has 1 saturated carbocycles. The van der Waals surface area contributed by atoms with Gasteiger partial charge in [-0.2, -0.15) is 0 Å². The zero-order valence-corrected chi connectivity index (χ0v) is 13.8. The van der Waals surface area contributed by atoms with Crippen LogP contribution in [0.2, 0.25) is 0 Å². The van der Waals surface area contributed by atoms with E-state index in [1.54, 1.807) is 0 Å². The summed E-state index contributed by atoms with van der Waals surface area (Å²) in [5.41, 5.74) is 2.27. The van der Waals surface area contributed by atoms with Crippen molar-refractivity contribution in [3.05, 3.63) is 47.5 Å². The summed E-state index contributed by atoms with van der Waals surface area (Å²) in [6.07, 6.45) is 7.68. The molecule has 120 valence electrons. The van der Waals surface area contributed by atoms with Crippen molar-refractivity contribution in [1.82, 2.24) is 0 Å². The molecule has 0 bridgehead atoms. The van der Waals surface area contributed by atoms with Crippen LogP contribution in [0.1, 0.15) is 51.5 Å². The van der Waals surface area contributed by atoms with E-state index in [-0.39, 0.29) is 17.8 Å². The average Bonchev–Trinajstić information content (AvgIpc) is 2.58. The molecule has 22 heavy (non-hydrogen) atoms. The maximum atomic E-state index is 11.8. The predicted octanol–water partition coefficient (Wildman–Crippen LogP) is 4.32. The van der Waals surface area contributed by atoms with Crippen LogP contribution in [-0.2, 0) is 11.2 Å². The molecule has 2 aliphatic carbocycles. The maximum Gasteiger partial charge on any atom is 0.155 e. The first kappa shape index (κ1) is 17.0. The number of allylic oxidation sites excluding steroid dienone is 1. The van der Waals surface area contributed by atoms with Gasteiger partial charge in [-0.15, -0.1) is 0 Å². The number of fused-ring (bicyclic) bond motifs is 1.